The maximum atomic E-state index is 13.6. The molecule has 4 aliphatic rings. The van der Waals surface area contributed by atoms with Crippen molar-refractivity contribution in [2.45, 2.75) is 121 Å². The molecule has 0 heterocycles. The fraction of sp³-hybridized carbons (Fsp3) is 0.848. The zero-order chi connectivity index (χ0) is 25.5. The lowest BCUT2D eigenvalue weighted by Crippen LogP contribution is -2.54. The summed E-state index contributed by atoms with van der Waals surface area (Å²) < 4.78 is 0. The van der Waals surface area contributed by atoms with E-state index in [4.69, 9.17) is 0 Å². The summed E-state index contributed by atoms with van der Waals surface area (Å²) in [7, 11) is 0. The zero-order valence-corrected chi connectivity index (χ0v) is 24.4. The molecule has 1 heteroatoms. The third-order valence-corrected chi connectivity index (χ3v) is 12.4. The van der Waals surface area contributed by atoms with E-state index in [1.165, 1.54) is 50.5 Å². The number of carbonyl (C=O) groups is 1. The van der Waals surface area contributed by atoms with Gasteiger partial charge in [-0.25, -0.2) is 0 Å². The Hall–Kier alpha value is -0.850. The number of carbonyl (C=O) groups excluding carboxylic acids is 1. The van der Waals surface area contributed by atoms with Gasteiger partial charge >= 0.3 is 0 Å². The normalized spacial score (nSPS) is 43.4. The van der Waals surface area contributed by atoms with E-state index in [1.807, 2.05) is 0 Å². The molecule has 0 radical (unpaired) electrons. The summed E-state index contributed by atoms with van der Waals surface area (Å²) >= 11 is 0. The van der Waals surface area contributed by atoms with E-state index in [1.54, 1.807) is 0 Å². The maximum Gasteiger partial charge on any atom is 0.182 e. The van der Waals surface area contributed by atoms with Crippen LogP contribution in [0, 0.1) is 56.7 Å². The molecule has 192 valence electrons. The van der Waals surface area contributed by atoms with Crippen LogP contribution in [-0.4, -0.2) is 5.78 Å². The van der Waals surface area contributed by atoms with Crippen LogP contribution in [0.15, 0.2) is 23.3 Å². The minimum atomic E-state index is 0.0328. The van der Waals surface area contributed by atoms with E-state index in [2.05, 4.69) is 88.3 Å². The second kappa shape index (κ2) is 8.08. The van der Waals surface area contributed by atoms with Gasteiger partial charge in [0.05, 0.1) is 0 Å². The second-order valence-corrected chi connectivity index (χ2v) is 15.8. The molecule has 0 aromatic heterocycles. The van der Waals surface area contributed by atoms with E-state index in [-0.39, 0.29) is 16.2 Å². The van der Waals surface area contributed by atoms with Gasteiger partial charge in [-0.05, 0) is 102 Å². The summed E-state index contributed by atoms with van der Waals surface area (Å²) in [6.07, 6.45) is 13.4. The number of hydrogen-bond acceptors (Lipinski definition) is 1. The summed E-state index contributed by atoms with van der Waals surface area (Å²) in [6, 6.07) is 0. The second-order valence-electron chi connectivity index (χ2n) is 15.8. The van der Waals surface area contributed by atoms with Gasteiger partial charge in [-0.15, -0.1) is 0 Å². The highest BCUT2D eigenvalue weighted by atomic mass is 16.1. The highest BCUT2D eigenvalue weighted by Crippen LogP contribution is 2.73. The molecule has 0 N–H and O–H groups in total. The maximum absolute atomic E-state index is 13.6. The van der Waals surface area contributed by atoms with Crippen LogP contribution in [0.3, 0.4) is 0 Å². The van der Waals surface area contributed by atoms with Gasteiger partial charge in [0.1, 0.15) is 0 Å². The lowest BCUT2D eigenvalue weighted by atomic mass is 9.43. The van der Waals surface area contributed by atoms with Crippen molar-refractivity contribution in [2.24, 2.45) is 56.7 Å². The molecular formula is C33H54O. The summed E-state index contributed by atoms with van der Waals surface area (Å²) in [5.74, 6) is 3.47. The Morgan fingerprint density at radius 3 is 2.29 bits per heavy atom. The Morgan fingerprint density at radius 1 is 1.03 bits per heavy atom. The van der Waals surface area contributed by atoms with E-state index >= 15 is 0 Å². The van der Waals surface area contributed by atoms with Crippen LogP contribution < -0.4 is 0 Å². The topological polar surface area (TPSA) is 17.1 Å². The summed E-state index contributed by atoms with van der Waals surface area (Å²) in [4.78, 5) is 13.6. The molecule has 0 spiro atoms. The van der Waals surface area contributed by atoms with Crippen molar-refractivity contribution in [1.29, 1.82) is 0 Å². The quantitative estimate of drug-likeness (QED) is 0.403. The van der Waals surface area contributed by atoms with E-state index < -0.39 is 0 Å². The predicted octanol–water partition coefficient (Wildman–Crippen LogP) is 9.43. The van der Waals surface area contributed by atoms with Crippen LogP contribution in [0.4, 0.5) is 0 Å². The van der Waals surface area contributed by atoms with Crippen molar-refractivity contribution in [3.05, 3.63) is 23.3 Å². The van der Waals surface area contributed by atoms with Crippen molar-refractivity contribution in [3.8, 4) is 0 Å². The van der Waals surface area contributed by atoms with E-state index in [9.17, 15) is 4.79 Å². The van der Waals surface area contributed by atoms with Gasteiger partial charge < -0.3 is 0 Å². The van der Waals surface area contributed by atoms with Gasteiger partial charge in [-0.1, -0.05) is 87.8 Å². The molecule has 34 heavy (non-hydrogen) atoms. The van der Waals surface area contributed by atoms with Crippen LogP contribution >= 0.6 is 0 Å². The Balaban J connectivity index is 1.69. The van der Waals surface area contributed by atoms with Crippen LogP contribution in [0.5, 0.6) is 0 Å². The molecule has 0 amide bonds. The van der Waals surface area contributed by atoms with Gasteiger partial charge in [0, 0.05) is 11.0 Å². The number of hydrogen-bond donors (Lipinski definition) is 0. The number of allylic oxidation sites excluding steroid dienone is 4. The molecule has 2 saturated carbocycles. The Kier molecular flexibility index (Phi) is 6.23. The molecule has 0 aromatic rings. The minimum absolute atomic E-state index is 0.0328. The molecule has 2 fully saturated rings. The monoisotopic (exact) mass is 466 g/mol. The largest absolute Gasteiger partial charge is 0.290 e. The molecule has 0 aliphatic heterocycles. The molecule has 8 atom stereocenters. The first-order chi connectivity index (χ1) is 15.5. The number of ketones is 1. The number of fused-ring (bicyclic) bond motifs is 5. The van der Waals surface area contributed by atoms with Gasteiger partial charge in [-0.2, -0.15) is 0 Å². The molecule has 0 bridgehead atoms. The van der Waals surface area contributed by atoms with Crippen molar-refractivity contribution < 1.29 is 4.79 Å². The van der Waals surface area contributed by atoms with Gasteiger partial charge in [0.2, 0.25) is 0 Å². The van der Waals surface area contributed by atoms with Crippen LogP contribution in [0.25, 0.3) is 0 Å². The van der Waals surface area contributed by atoms with Crippen molar-refractivity contribution >= 4 is 5.78 Å². The lowest BCUT2D eigenvalue weighted by molar-refractivity contribution is -0.115. The first-order valence-corrected chi connectivity index (χ1v) is 14.5. The van der Waals surface area contributed by atoms with E-state index in [0.717, 1.165) is 5.57 Å². The molecule has 4 rings (SSSR count). The van der Waals surface area contributed by atoms with Crippen molar-refractivity contribution in [2.75, 3.05) is 0 Å². The highest BCUT2D eigenvalue weighted by Gasteiger charge is 2.65. The third-order valence-electron chi connectivity index (χ3n) is 12.4. The highest BCUT2D eigenvalue weighted by molar-refractivity contribution is 6.07. The molecular weight excluding hydrogens is 412 g/mol. The SMILES string of the molecule is C[C@@H]1C=C2C(=O)C=C3C(CC[C@]4(C)[C@@H](C(C)(C)[C@H](C)CCC(C)(C)C)CC[C@@]34C)[C@@]2(C)C[C@@H]1C. The van der Waals surface area contributed by atoms with Crippen molar-refractivity contribution in [1.82, 2.24) is 0 Å². The van der Waals surface area contributed by atoms with Crippen molar-refractivity contribution in [3.63, 3.8) is 0 Å². The third kappa shape index (κ3) is 3.73. The Labute approximate surface area is 211 Å². The fourth-order valence-corrected chi connectivity index (χ4v) is 9.30. The van der Waals surface area contributed by atoms with Crippen LogP contribution in [0.2, 0.25) is 0 Å². The predicted molar refractivity (Wildman–Crippen MR) is 146 cm³/mol. The first-order valence-electron chi connectivity index (χ1n) is 14.5. The average Bonchev–Trinajstić information content (AvgIpc) is 3.00. The molecule has 0 saturated heterocycles. The zero-order valence-electron chi connectivity index (χ0n) is 24.4. The lowest BCUT2D eigenvalue weighted by Gasteiger charge is -2.61. The Bertz CT molecular complexity index is 896. The Morgan fingerprint density at radius 2 is 1.68 bits per heavy atom. The summed E-state index contributed by atoms with van der Waals surface area (Å²) in [5.41, 5.74) is 3.86. The molecule has 0 aromatic carbocycles. The molecule has 1 unspecified atom stereocenters. The average molecular weight is 467 g/mol. The number of rotatable bonds is 4. The standard InChI is InChI=1S/C33H54O/c1-21-18-26-27(34)19-25-24(31(26,9)20-22(21)2)13-16-33(11)28(14-17-32(25,33)10)30(7,8)23(3)12-15-29(4,5)6/h18-19,21-24,28H,12-17,20H2,1-11H3/t21-,22+,23-,24?,28-,31-,32+,33-/m1/s1. The minimum Gasteiger partial charge on any atom is -0.290 e. The van der Waals surface area contributed by atoms with E-state index in [0.29, 0.717) is 46.2 Å². The molecule has 4 aliphatic carbocycles. The van der Waals surface area contributed by atoms with Gasteiger partial charge in [0.15, 0.2) is 5.78 Å². The van der Waals surface area contributed by atoms with Crippen LogP contribution in [0.1, 0.15) is 121 Å². The van der Waals surface area contributed by atoms with Crippen LogP contribution in [-0.2, 0) is 4.79 Å². The molecule has 1 nitrogen and oxygen atoms in total. The summed E-state index contributed by atoms with van der Waals surface area (Å²) in [6.45, 7) is 27.1. The smallest absolute Gasteiger partial charge is 0.182 e. The summed E-state index contributed by atoms with van der Waals surface area (Å²) in [5, 5.41) is 0. The van der Waals surface area contributed by atoms with Gasteiger partial charge in [-0.3, -0.25) is 4.79 Å². The fourth-order valence-electron chi connectivity index (χ4n) is 9.30. The first kappa shape index (κ1) is 26.2. The van der Waals surface area contributed by atoms with Gasteiger partial charge in [0.25, 0.3) is 0 Å².